The van der Waals surface area contributed by atoms with Crippen molar-refractivity contribution in [3.63, 3.8) is 0 Å². The highest BCUT2D eigenvalue weighted by Gasteiger charge is 2.33. The van der Waals surface area contributed by atoms with Crippen LogP contribution in [0.3, 0.4) is 0 Å². The molecule has 138 valence electrons. The van der Waals surface area contributed by atoms with Gasteiger partial charge in [0.15, 0.2) is 0 Å². The van der Waals surface area contributed by atoms with Crippen molar-refractivity contribution in [2.45, 2.75) is 39.7 Å². The van der Waals surface area contributed by atoms with Gasteiger partial charge in [0, 0.05) is 24.2 Å². The highest BCUT2D eigenvalue weighted by Crippen LogP contribution is 2.25. The Morgan fingerprint density at radius 1 is 1.23 bits per heavy atom. The molecular weight excluding hydrogens is 330 g/mol. The average molecular weight is 355 g/mol. The Morgan fingerprint density at radius 2 is 2.00 bits per heavy atom. The third-order valence-electron chi connectivity index (χ3n) is 4.33. The lowest BCUT2D eigenvalue weighted by atomic mass is 10.1. The van der Waals surface area contributed by atoms with Crippen LogP contribution in [-0.2, 0) is 9.53 Å². The number of rotatable bonds is 2. The number of amides is 2. The molecular formula is C20H25N3O3. The zero-order valence-electron chi connectivity index (χ0n) is 15.7. The van der Waals surface area contributed by atoms with Gasteiger partial charge in [-0.1, -0.05) is 18.2 Å². The van der Waals surface area contributed by atoms with Crippen LogP contribution in [0.2, 0.25) is 0 Å². The van der Waals surface area contributed by atoms with Crippen LogP contribution in [0.25, 0.3) is 10.9 Å². The van der Waals surface area contributed by atoms with E-state index in [1.807, 2.05) is 58.0 Å². The first-order valence-corrected chi connectivity index (χ1v) is 8.88. The zero-order valence-corrected chi connectivity index (χ0v) is 15.7. The molecule has 1 N–H and O–H groups in total. The number of para-hydroxylation sites is 1. The fraction of sp³-hybridized carbons (Fsp3) is 0.450. The molecule has 3 rings (SSSR count). The standard InChI is InChI=1S/C20H25N3O3/c1-13-8-9-14-6-5-7-16(17(14)21-13)22-18(24)15-10-11-23(12-15)19(25)26-20(2,3)4/h5-9,15H,10-12H2,1-4H3,(H,22,24)/t15-/m1/s1. The Kier molecular flexibility index (Phi) is 4.85. The summed E-state index contributed by atoms with van der Waals surface area (Å²) < 4.78 is 5.38. The number of likely N-dealkylation sites (tertiary alicyclic amines) is 1. The van der Waals surface area contributed by atoms with Crippen molar-refractivity contribution in [1.29, 1.82) is 0 Å². The number of aryl methyl sites for hydroxylation is 1. The molecule has 6 nitrogen and oxygen atoms in total. The van der Waals surface area contributed by atoms with Gasteiger partial charge in [-0.2, -0.15) is 0 Å². The third kappa shape index (κ3) is 4.12. The topological polar surface area (TPSA) is 71.5 Å². The molecule has 0 saturated carbocycles. The maximum atomic E-state index is 12.7. The highest BCUT2D eigenvalue weighted by atomic mass is 16.6. The summed E-state index contributed by atoms with van der Waals surface area (Å²) in [4.78, 5) is 31.0. The zero-order chi connectivity index (χ0) is 18.9. The Hall–Kier alpha value is -2.63. The first-order chi connectivity index (χ1) is 12.2. The van der Waals surface area contributed by atoms with E-state index in [2.05, 4.69) is 10.3 Å². The summed E-state index contributed by atoms with van der Waals surface area (Å²) in [7, 11) is 0. The average Bonchev–Trinajstić information content (AvgIpc) is 3.04. The van der Waals surface area contributed by atoms with Crippen molar-refractivity contribution in [2.24, 2.45) is 5.92 Å². The van der Waals surface area contributed by atoms with Gasteiger partial charge in [0.1, 0.15) is 5.60 Å². The molecule has 1 aliphatic rings. The van der Waals surface area contributed by atoms with Crippen molar-refractivity contribution in [3.05, 3.63) is 36.0 Å². The quantitative estimate of drug-likeness (QED) is 0.891. The monoisotopic (exact) mass is 355 g/mol. The minimum Gasteiger partial charge on any atom is -0.444 e. The number of carbonyl (C=O) groups is 2. The SMILES string of the molecule is Cc1ccc2cccc(NC(=O)[C@@H]3CCN(C(=O)OC(C)(C)C)C3)c2n1. The van der Waals surface area contributed by atoms with Gasteiger partial charge in [-0.15, -0.1) is 0 Å². The van der Waals surface area contributed by atoms with E-state index in [1.165, 1.54) is 0 Å². The van der Waals surface area contributed by atoms with E-state index in [4.69, 9.17) is 4.74 Å². The molecule has 0 radical (unpaired) electrons. The fourth-order valence-corrected chi connectivity index (χ4v) is 3.05. The van der Waals surface area contributed by atoms with E-state index in [0.717, 1.165) is 16.6 Å². The number of hydrogen-bond donors (Lipinski definition) is 1. The second kappa shape index (κ2) is 6.94. The number of fused-ring (bicyclic) bond motifs is 1. The van der Waals surface area contributed by atoms with E-state index in [1.54, 1.807) is 4.90 Å². The van der Waals surface area contributed by atoms with Crippen LogP contribution in [0, 0.1) is 12.8 Å². The van der Waals surface area contributed by atoms with E-state index >= 15 is 0 Å². The molecule has 2 heterocycles. The van der Waals surface area contributed by atoms with Crippen molar-refractivity contribution >= 4 is 28.6 Å². The molecule has 26 heavy (non-hydrogen) atoms. The van der Waals surface area contributed by atoms with Crippen LogP contribution in [0.15, 0.2) is 30.3 Å². The van der Waals surface area contributed by atoms with Crippen LogP contribution in [0.1, 0.15) is 32.9 Å². The largest absolute Gasteiger partial charge is 0.444 e. The number of nitrogens with one attached hydrogen (secondary N) is 1. The molecule has 0 bridgehead atoms. The predicted octanol–water partition coefficient (Wildman–Crippen LogP) is 3.74. The van der Waals surface area contributed by atoms with Crippen molar-refractivity contribution in [2.75, 3.05) is 18.4 Å². The molecule has 6 heteroatoms. The molecule has 1 atom stereocenters. The van der Waals surface area contributed by atoms with E-state index in [0.29, 0.717) is 25.2 Å². The van der Waals surface area contributed by atoms with Crippen molar-refractivity contribution in [3.8, 4) is 0 Å². The summed E-state index contributed by atoms with van der Waals surface area (Å²) >= 11 is 0. The number of aromatic nitrogens is 1. The maximum absolute atomic E-state index is 12.7. The number of ether oxygens (including phenoxy) is 1. The lowest BCUT2D eigenvalue weighted by molar-refractivity contribution is -0.119. The molecule has 0 aliphatic carbocycles. The Morgan fingerprint density at radius 3 is 2.73 bits per heavy atom. The van der Waals surface area contributed by atoms with Crippen LogP contribution in [-0.4, -0.2) is 40.6 Å². The van der Waals surface area contributed by atoms with Gasteiger partial charge in [-0.3, -0.25) is 9.78 Å². The van der Waals surface area contributed by atoms with Gasteiger partial charge >= 0.3 is 6.09 Å². The van der Waals surface area contributed by atoms with Crippen LogP contribution in [0.4, 0.5) is 10.5 Å². The second-order valence-electron chi connectivity index (χ2n) is 7.73. The molecule has 2 amide bonds. The second-order valence-corrected chi connectivity index (χ2v) is 7.73. The minimum absolute atomic E-state index is 0.0909. The molecule has 1 aliphatic heterocycles. The minimum atomic E-state index is -0.538. The maximum Gasteiger partial charge on any atom is 0.410 e. The Bertz CT molecular complexity index is 842. The number of carbonyl (C=O) groups excluding carboxylic acids is 2. The number of hydrogen-bond acceptors (Lipinski definition) is 4. The first-order valence-electron chi connectivity index (χ1n) is 8.88. The molecule has 0 unspecified atom stereocenters. The molecule has 0 spiro atoms. The number of benzene rings is 1. The van der Waals surface area contributed by atoms with Gasteiger partial charge in [0.2, 0.25) is 5.91 Å². The van der Waals surface area contributed by atoms with Gasteiger partial charge in [0.05, 0.1) is 17.1 Å². The Balaban J connectivity index is 1.68. The van der Waals surface area contributed by atoms with E-state index in [-0.39, 0.29) is 17.9 Å². The predicted molar refractivity (Wildman–Crippen MR) is 101 cm³/mol. The summed E-state index contributed by atoms with van der Waals surface area (Å²) in [6.45, 7) is 8.33. The molecule has 1 aromatic heterocycles. The lowest BCUT2D eigenvalue weighted by Crippen LogP contribution is -2.36. The van der Waals surface area contributed by atoms with Crippen LogP contribution >= 0.6 is 0 Å². The summed E-state index contributed by atoms with van der Waals surface area (Å²) in [6.07, 6.45) is 0.262. The van der Waals surface area contributed by atoms with E-state index in [9.17, 15) is 9.59 Å². The molecule has 1 aromatic carbocycles. The number of pyridine rings is 1. The third-order valence-corrected chi connectivity index (χ3v) is 4.33. The summed E-state index contributed by atoms with van der Waals surface area (Å²) in [6, 6.07) is 9.66. The summed E-state index contributed by atoms with van der Waals surface area (Å²) in [5, 5.41) is 3.96. The van der Waals surface area contributed by atoms with E-state index < -0.39 is 5.60 Å². The fourth-order valence-electron chi connectivity index (χ4n) is 3.05. The summed E-state index contributed by atoms with van der Waals surface area (Å²) in [5.74, 6) is -0.338. The van der Waals surface area contributed by atoms with Crippen LogP contribution in [0.5, 0.6) is 0 Å². The highest BCUT2D eigenvalue weighted by molar-refractivity contribution is 6.01. The first kappa shape index (κ1) is 18.2. The number of nitrogens with zero attached hydrogens (tertiary/aromatic N) is 2. The van der Waals surface area contributed by atoms with Crippen LogP contribution < -0.4 is 5.32 Å². The van der Waals surface area contributed by atoms with Gasteiger partial charge < -0.3 is 15.0 Å². The smallest absolute Gasteiger partial charge is 0.410 e. The normalized spacial score (nSPS) is 17.4. The summed E-state index contributed by atoms with van der Waals surface area (Å²) in [5.41, 5.74) is 1.84. The van der Waals surface area contributed by atoms with Crippen molar-refractivity contribution in [1.82, 2.24) is 9.88 Å². The number of anilines is 1. The van der Waals surface area contributed by atoms with Gasteiger partial charge in [0.25, 0.3) is 0 Å². The Labute approximate surface area is 153 Å². The molecule has 2 aromatic rings. The van der Waals surface area contributed by atoms with Gasteiger partial charge in [-0.25, -0.2) is 4.79 Å². The molecule has 1 saturated heterocycles. The molecule has 1 fully saturated rings. The lowest BCUT2D eigenvalue weighted by Gasteiger charge is -2.24. The van der Waals surface area contributed by atoms with Crippen molar-refractivity contribution < 1.29 is 14.3 Å². The van der Waals surface area contributed by atoms with Gasteiger partial charge in [-0.05, 0) is 46.2 Å².